The van der Waals surface area contributed by atoms with Crippen LogP contribution < -0.4 is 16.1 Å². The van der Waals surface area contributed by atoms with Crippen LogP contribution in [0.4, 0.5) is 0 Å². The molecule has 3 atom stereocenters. The number of hydrogen-bond donors (Lipinski definition) is 3. The minimum Gasteiger partial charge on any atom is -0.468 e. The van der Waals surface area contributed by atoms with Gasteiger partial charge in [-0.15, -0.1) is 0 Å². The van der Waals surface area contributed by atoms with Crippen molar-refractivity contribution in [2.75, 3.05) is 20.7 Å². The van der Waals surface area contributed by atoms with Crippen LogP contribution in [-0.4, -0.2) is 73.2 Å². The van der Waals surface area contributed by atoms with Crippen molar-refractivity contribution in [3.63, 3.8) is 0 Å². The summed E-state index contributed by atoms with van der Waals surface area (Å²) >= 11 is 0. The highest BCUT2D eigenvalue weighted by Gasteiger charge is 2.32. The van der Waals surface area contributed by atoms with Crippen molar-refractivity contribution < 1.29 is 23.9 Å². The number of allylic oxidation sites excluding steroid dienone is 2. The third-order valence-corrected chi connectivity index (χ3v) is 4.99. The van der Waals surface area contributed by atoms with Crippen molar-refractivity contribution >= 4 is 29.4 Å². The van der Waals surface area contributed by atoms with Crippen molar-refractivity contribution in [2.24, 2.45) is 10.9 Å². The van der Waals surface area contributed by atoms with Crippen molar-refractivity contribution in [3.8, 4) is 0 Å². The molecule has 1 aliphatic rings. The number of nitrogens with zero attached hydrogens (tertiary/aromatic N) is 2. The molecular formula is C22H35N5O5. The van der Waals surface area contributed by atoms with Gasteiger partial charge in [0, 0.05) is 20.0 Å². The largest absolute Gasteiger partial charge is 0.468 e. The average Bonchev–Trinajstić information content (AvgIpc) is 2.78. The third-order valence-electron chi connectivity index (χ3n) is 4.99. The van der Waals surface area contributed by atoms with E-state index >= 15 is 0 Å². The lowest BCUT2D eigenvalue weighted by Gasteiger charge is -2.34. The first kappa shape index (κ1) is 27.0. The fourth-order valence-corrected chi connectivity index (χ4v) is 3.14. The van der Waals surface area contributed by atoms with E-state index < -0.39 is 30.0 Å². The molecule has 1 aliphatic heterocycles. The van der Waals surface area contributed by atoms with Crippen LogP contribution in [0.1, 0.15) is 40.0 Å². The molecule has 0 aliphatic carbocycles. The zero-order chi connectivity index (χ0) is 24.3. The third kappa shape index (κ3) is 8.26. The summed E-state index contributed by atoms with van der Waals surface area (Å²) in [4.78, 5) is 53.5. The molecule has 0 bridgehead atoms. The Labute approximate surface area is 189 Å². The fraction of sp³-hybridized carbons (Fsp3) is 0.591. The number of ether oxygens (including phenoxy) is 1. The van der Waals surface area contributed by atoms with Gasteiger partial charge in [-0.2, -0.15) is 0 Å². The maximum atomic E-state index is 12.8. The summed E-state index contributed by atoms with van der Waals surface area (Å²) in [6.45, 7) is 9.21. The summed E-state index contributed by atoms with van der Waals surface area (Å²) in [5.41, 5.74) is 3.49. The van der Waals surface area contributed by atoms with E-state index in [0.717, 1.165) is 0 Å². The van der Waals surface area contributed by atoms with Crippen LogP contribution in [0.2, 0.25) is 0 Å². The molecule has 3 N–H and O–H groups in total. The monoisotopic (exact) mass is 449 g/mol. The Morgan fingerprint density at radius 2 is 1.94 bits per heavy atom. The topological polar surface area (TPSA) is 129 Å². The van der Waals surface area contributed by atoms with Gasteiger partial charge in [0.25, 0.3) is 5.91 Å². The molecule has 0 aromatic carbocycles. The minimum atomic E-state index is -0.847. The lowest BCUT2D eigenvalue weighted by atomic mass is 10.0. The number of nitrogens with one attached hydrogen (secondary N) is 3. The summed E-state index contributed by atoms with van der Waals surface area (Å²) in [5.74, 6) is -1.79. The van der Waals surface area contributed by atoms with E-state index in [1.807, 2.05) is 0 Å². The number of amides is 3. The van der Waals surface area contributed by atoms with E-state index in [-0.39, 0.29) is 24.2 Å². The van der Waals surface area contributed by atoms with Crippen molar-refractivity contribution in [3.05, 3.63) is 24.8 Å². The van der Waals surface area contributed by atoms with E-state index in [0.29, 0.717) is 25.1 Å². The number of hydrazine groups is 1. The molecule has 3 amide bonds. The zero-order valence-corrected chi connectivity index (χ0v) is 19.5. The van der Waals surface area contributed by atoms with Gasteiger partial charge < -0.3 is 15.4 Å². The smallest absolute Gasteiger partial charge is 0.324 e. The molecule has 0 aromatic rings. The number of carbonyl (C=O) groups is 4. The number of methoxy groups -OCH3 is 1. The summed E-state index contributed by atoms with van der Waals surface area (Å²) in [6, 6.07) is -2.25. The molecular weight excluding hydrogens is 414 g/mol. The zero-order valence-electron chi connectivity index (χ0n) is 19.5. The Hall–Kier alpha value is -3.01. The first-order valence-electron chi connectivity index (χ1n) is 10.6. The van der Waals surface area contributed by atoms with Gasteiger partial charge >= 0.3 is 5.97 Å². The number of esters is 1. The van der Waals surface area contributed by atoms with Gasteiger partial charge in [0.1, 0.15) is 18.1 Å². The first-order valence-corrected chi connectivity index (χ1v) is 10.6. The maximum absolute atomic E-state index is 12.8. The molecule has 178 valence electrons. The van der Waals surface area contributed by atoms with Gasteiger partial charge in [-0.05, 0) is 37.8 Å². The lowest BCUT2D eigenvalue weighted by molar-refractivity contribution is -0.150. The second-order valence-corrected chi connectivity index (χ2v) is 7.82. The lowest BCUT2D eigenvalue weighted by Crippen LogP contribution is -2.60. The Morgan fingerprint density at radius 3 is 2.50 bits per heavy atom. The molecule has 1 heterocycles. The number of carbonyl (C=O) groups excluding carboxylic acids is 4. The van der Waals surface area contributed by atoms with Gasteiger partial charge in [-0.25, -0.2) is 5.43 Å². The van der Waals surface area contributed by atoms with E-state index in [9.17, 15) is 19.2 Å². The molecule has 0 spiro atoms. The first-order chi connectivity index (χ1) is 15.1. The molecule has 1 fully saturated rings. The Morgan fingerprint density at radius 1 is 1.25 bits per heavy atom. The van der Waals surface area contributed by atoms with Crippen LogP contribution in [0.25, 0.3) is 0 Å². The SMILES string of the molecule is C=CC(/C=C/CC(=O)N[C@H](C(=O)N[C@@H](C)C(=O)N1CCC[C@@H](C(=O)OC)N1)C(C)C)=N\C. The van der Waals surface area contributed by atoms with E-state index in [1.54, 1.807) is 46.0 Å². The van der Waals surface area contributed by atoms with Crippen molar-refractivity contribution in [1.29, 1.82) is 0 Å². The highest BCUT2D eigenvalue weighted by Crippen LogP contribution is 2.10. The van der Waals surface area contributed by atoms with Crippen LogP contribution in [0.5, 0.6) is 0 Å². The molecule has 10 nitrogen and oxygen atoms in total. The average molecular weight is 450 g/mol. The molecule has 0 saturated carbocycles. The second kappa shape index (κ2) is 13.4. The Kier molecular flexibility index (Phi) is 11.3. The van der Waals surface area contributed by atoms with Crippen LogP contribution in [0.15, 0.2) is 29.8 Å². The summed E-state index contributed by atoms with van der Waals surface area (Å²) in [6.07, 6.45) is 6.15. The highest BCUT2D eigenvalue weighted by atomic mass is 16.5. The summed E-state index contributed by atoms with van der Waals surface area (Å²) in [5, 5.41) is 6.70. The molecule has 10 heteroatoms. The van der Waals surface area contributed by atoms with Crippen LogP contribution in [-0.2, 0) is 23.9 Å². The van der Waals surface area contributed by atoms with Gasteiger partial charge in [0.05, 0.1) is 12.8 Å². The van der Waals surface area contributed by atoms with Gasteiger partial charge in [-0.3, -0.25) is 29.2 Å². The molecule has 0 aromatic heterocycles. The molecule has 32 heavy (non-hydrogen) atoms. The molecule has 0 radical (unpaired) electrons. The number of rotatable bonds is 10. The van der Waals surface area contributed by atoms with Crippen molar-refractivity contribution in [2.45, 2.75) is 58.2 Å². The second-order valence-electron chi connectivity index (χ2n) is 7.82. The maximum Gasteiger partial charge on any atom is 0.324 e. The van der Waals surface area contributed by atoms with Crippen LogP contribution in [0.3, 0.4) is 0 Å². The van der Waals surface area contributed by atoms with E-state index in [4.69, 9.17) is 4.74 Å². The predicted molar refractivity (Wildman–Crippen MR) is 122 cm³/mol. The Balaban J connectivity index is 2.68. The molecule has 1 rings (SSSR count). The summed E-state index contributed by atoms with van der Waals surface area (Å²) < 4.78 is 4.73. The normalized spacial score (nSPS) is 18.8. The standard InChI is InChI=1S/C22H35N5O5/c1-7-16(23-5)10-8-12-18(28)25-19(14(2)3)20(29)24-15(4)21(30)27-13-9-11-17(26-27)22(31)32-6/h7-8,10,14-15,17,19,26H,1,9,11-13H2,2-6H3,(H,24,29)(H,25,28)/b10-8+,23-16+/t15-,17-,19-/m0/s1. The quantitative estimate of drug-likeness (QED) is 0.329. The predicted octanol–water partition coefficient (Wildman–Crippen LogP) is 0.504. The van der Waals surface area contributed by atoms with Gasteiger partial charge in [-0.1, -0.05) is 26.5 Å². The summed E-state index contributed by atoms with van der Waals surface area (Å²) in [7, 11) is 2.91. The van der Waals surface area contributed by atoms with Crippen molar-refractivity contribution in [1.82, 2.24) is 21.1 Å². The minimum absolute atomic E-state index is 0.0739. The van der Waals surface area contributed by atoms with Gasteiger partial charge in [0.2, 0.25) is 11.8 Å². The van der Waals surface area contributed by atoms with E-state index in [1.165, 1.54) is 12.1 Å². The van der Waals surface area contributed by atoms with Crippen LogP contribution in [0, 0.1) is 5.92 Å². The van der Waals surface area contributed by atoms with E-state index in [2.05, 4.69) is 27.6 Å². The molecule has 0 unspecified atom stereocenters. The number of aliphatic imine (C=N–C) groups is 1. The number of hydrogen-bond acceptors (Lipinski definition) is 7. The fourth-order valence-electron chi connectivity index (χ4n) is 3.14. The van der Waals surface area contributed by atoms with Gasteiger partial charge in [0.15, 0.2) is 0 Å². The Bertz CT molecular complexity index is 762. The highest BCUT2D eigenvalue weighted by molar-refractivity contribution is 6.03. The van der Waals surface area contributed by atoms with Crippen LogP contribution >= 0.6 is 0 Å². The molecule has 1 saturated heterocycles.